The van der Waals surface area contributed by atoms with E-state index in [0.717, 1.165) is 11.1 Å². The van der Waals surface area contributed by atoms with E-state index >= 15 is 0 Å². The lowest BCUT2D eigenvalue weighted by atomic mass is 10.1. The van der Waals surface area contributed by atoms with Gasteiger partial charge >= 0.3 is 5.97 Å². The first kappa shape index (κ1) is 16.8. The number of carbonyl (C=O) groups is 1. The second-order valence-electron chi connectivity index (χ2n) is 4.27. The molecule has 0 saturated carbocycles. The third-order valence-corrected chi connectivity index (χ3v) is 2.78. The van der Waals surface area contributed by atoms with Crippen molar-refractivity contribution in [3.8, 4) is 5.75 Å². The molecule has 3 heteroatoms. The van der Waals surface area contributed by atoms with Crippen LogP contribution in [-0.2, 0) is 11.3 Å². The van der Waals surface area contributed by atoms with Crippen molar-refractivity contribution in [2.75, 3.05) is 7.11 Å². The van der Waals surface area contributed by atoms with Crippen molar-refractivity contribution in [1.29, 1.82) is 0 Å². The van der Waals surface area contributed by atoms with E-state index in [0.29, 0.717) is 17.9 Å². The third-order valence-electron chi connectivity index (χ3n) is 2.78. The molecule has 112 valence electrons. The number of aryl methyl sites for hydroxylation is 1. The molecule has 0 aliphatic rings. The lowest BCUT2D eigenvalue weighted by Gasteiger charge is -2.11. The monoisotopic (exact) mass is 286 g/mol. The maximum atomic E-state index is 11.7. The van der Waals surface area contributed by atoms with Crippen LogP contribution in [0.15, 0.2) is 48.5 Å². The first-order valence-corrected chi connectivity index (χ1v) is 7.06. The summed E-state index contributed by atoms with van der Waals surface area (Å²) in [5.41, 5.74) is 2.54. The summed E-state index contributed by atoms with van der Waals surface area (Å²) >= 11 is 0. The average molecular weight is 286 g/mol. The molecule has 0 atom stereocenters. The Morgan fingerprint density at radius 2 is 1.71 bits per heavy atom. The molecule has 0 aromatic heterocycles. The largest absolute Gasteiger partial charge is 0.488 e. The van der Waals surface area contributed by atoms with Crippen LogP contribution in [0, 0.1) is 6.92 Å². The highest BCUT2D eigenvalue weighted by Crippen LogP contribution is 2.22. The van der Waals surface area contributed by atoms with Crippen LogP contribution in [0.2, 0.25) is 0 Å². The topological polar surface area (TPSA) is 35.5 Å². The molecule has 0 bridgehead atoms. The summed E-state index contributed by atoms with van der Waals surface area (Å²) in [6.07, 6.45) is 0. The van der Waals surface area contributed by atoms with Crippen molar-refractivity contribution in [2.45, 2.75) is 27.4 Å². The molecule has 0 N–H and O–H groups in total. The predicted octanol–water partition coefficient (Wildman–Crippen LogP) is 4.39. The van der Waals surface area contributed by atoms with E-state index in [1.54, 1.807) is 6.07 Å². The SMILES string of the molecule is CC.COC(=O)c1ccc(C)cc1OCc1ccccc1. The molecule has 0 amide bonds. The molecule has 21 heavy (non-hydrogen) atoms. The van der Waals surface area contributed by atoms with Gasteiger partial charge in [0.15, 0.2) is 0 Å². The smallest absolute Gasteiger partial charge is 0.341 e. The van der Waals surface area contributed by atoms with Crippen molar-refractivity contribution in [1.82, 2.24) is 0 Å². The molecule has 0 radical (unpaired) electrons. The first-order chi connectivity index (χ1) is 10.2. The van der Waals surface area contributed by atoms with Gasteiger partial charge in [-0.25, -0.2) is 4.79 Å². The van der Waals surface area contributed by atoms with Crippen LogP contribution >= 0.6 is 0 Å². The Bertz CT molecular complexity index is 562. The highest BCUT2D eigenvalue weighted by Gasteiger charge is 2.13. The van der Waals surface area contributed by atoms with E-state index in [1.165, 1.54) is 7.11 Å². The van der Waals surface area contributed by atoms with Gasteiger partial charge in [-0.05, 0) is 30.2 Å². The van der Waals surface area contributed by atoms with Crippen LogP contribution in [0.5, 0.6) is 5.75 Å². The molecule has 0 fully saturated rings. The Balaban J connectivity index is 0.00000106. The minimum Gasteiger partial charge on any atom is -0.488 e. The fourth-order valence-electron chi connectivity index (χ4n) is 1.76. The first-order valence-electron chi connectivity index (χ1n) is 7.06. The third kappa shape index (κ3) is 4.95. The zero-order valence-corrected chi connectivity index (χ0v) is 13.1. The molecule has 2 rings (SSSR count). The van der Waals surface area contributed by atoms with Crippen molar-refractivity contribution < 1.29 is 14.3 Å². The summed E-state index contributed by atoms with van der Waals surface area (Å²) in [5.74, 6) is 0.166. The van der Waals surface area contributed by atoms with Crippen LogP contribution in [0.3, 0.4) is 0 Å². The second-order valence-corrected chi connectivity index (χ2v) is 4.27. The fourth-order valence-corrected chi connectivity index (χ4v) is 1.76. The van der Waals surface area contributed by atoms with Gasteiger partial charge in [-0.3, -0.25) is 0 Å². The van der Waals surface area contributed by atoms with Gasteiger partial charge in [0.1, 0.15) is 17.9 Å². The molecule has 2 aromatic carbocycles. The van der Waals surface area contributed by atoms with E-state index in [9.17, 15) is 4.79 Å². The molecule has 0 aliphatic heterocycles. The number of benzene rings is 2. The lowest BCUT2D eigenvalue weighted by Crippen LogP contribution is -2.06. The summed E-state index contributed by atoms with van der Waals surface area (Å²) in [6.45, 7) is 6.38. The number of carbonyl (C=O) groups excluding carboxylic acids is 1. The van der Waals surface area contributed by atoms with E-state index in [4.69, 9.17) is 9.47 Å². The summed E-state index contributed by atoms with van der Waals surface area (Å²) in [6, 6.07) is 15.3. The Morgan fingerprint density at radius 1 is 1.05 bits per heavy atom. The molecule has 0 unspecified atom stereocenters. The molecular weight excluding hydrogens is 264 g/mol. The molecule has 3 nitrogen and oxygen atoms in total. The number of hydrogen-bond acceptors (Lipinski definition) is 3. The van der Waals surface area contributed by atoms with Crippen LogP contribution in [0.25, 0.3) is 0 Å². The van der Waals surface area contributed by atoms with Gasteiger partial charge in [0.25, 0.3) is 0 Å². The Hall–Kier alpha value is -2.29. The fraction of sp³-hybridized carbons (Fsp3) is 0.278. The lowest BCUT2D eigenvalue weighted by molar-refractivity contribution is 0.0595. The Kier molecular flexibility index (Phi) is 7.02. The van der Waals surface area contributed by atoms with Crippen LogP contribution < -0.4 is 4.74 Å². The minimum atomic E-state index is -0.386. The van der Waals surface area contributed by atoms with Crippen LogP contribution in [0.1, 0.15) is 35.3 Å². The normalized spacial score (nSPS) is 9.33. The summed E-state index contributed by atoms with van der Waals surface area (Å²) in [4.78, 5) is 11.7. The number of rotatable bonds is 4. The average Bonchev–Trinajstić information content (AvgIpc) is 2.55. The predicted molar refractivity (Wildman–Crippen MR) is 84.6 cm³/mol. The summed E-state index contributed by atoms with van der Waals surface area (Å²) in [5, 5.41) is 0. The quantitative estimate of drug-likeness (QED) is 0.782. The maximum absolute atomic E-state index is 11.7. The zero-order valence-electron chi connectivity index (χ0n) is 13.1. The molecule has 0 saturated heterocycles. The highest BCUT2D eigenvalue weighted by atomic mass is 16.5. The van der Waals surface area contributed by atoms with Crippen molar-refractivity contribution in [3.63, 3.8) is 0 Å². The van der Waals surface area contributed by atoms with Crippen molar-refractivity contribution >= 4 is 5.97 Å². The summed E-state index contributed by atoms with van der Waals surface area (Å²) < 4.78 is 10.5. The van der Waals surface area contributed by atoms with Crippen LogP contribution in [0.4, 0.5) is 0 Å². The molecule has 0 aliphatic carbocycles. The van der Waals surface area contributed by atoms with Gasteiger partial charge in [-0.2, -0.15) is 0 Å². The zero-order chi connectivity index (χ0) is 15.7. The van der Waals surface area contributed by atoms with Gasteiger partial charge in [-0.1, -0.05) is 50.2 Å². The molecule has 0 heterocycles. The number of ether oxygens (including phenoxy) is 2. The van der Waals surface area contributed by atoms with E-state index in [-0.39, 0.29) is 5.97 Å². The minimum absolute atomic E-state index is 0.386. The van der Waals surface area contributed by atoms with Gasteiger partial charge < -0.3 is 9.47 Å². The van der Waals surface area contributed by atoms with Crippen LogP contribution in [-0.4, -0.2) is 13.1 Å². The van der Waals surface area contributed by atoms with E-state index < -0.39 is 0 Å². The molecule has 2 aromatic rings. The van der Waals surface area contributed by atoms with Gasteiger partial charge in [0.05, 0.1) is 7.11 Å². The molecular formula is C18H22O3. The van der Waals surface area contributed by atoms with E-state index in [1.807, 2.05) is 63.2 Å². The second kappa shape index (κ2) is 8.80. The van der Waals surface area contributed by atoms with Gasteiger partial charge in [0.2, 0.25) is 0 Å². The number of methoxy groups -OCH3 is 1. The van der Waals surface area contributed by atoms with Gasteiger partial charge in [-0.15, -0.1) is 0 Å². The Labute approximate surface area is 126 Å². The standard InChI is InChI=1S/C16H16O3.C2H6/c1-12-8-9-14(16(17)18-2)15(10-12)19-11-13-6-4-3-5-7-13;1-2/h3-10H,11H2,1-2H3;1-2H3. The van der Waals surface area contributed by atoms with Gasteiger partial charge in [0, 0.05) is 0 Å². The van der Waals surface area contributed by atoms with E-state index in [2.05, 4.69) is 0 Å². The Morgan fingerprint density at radius 3 is 2.33 bits per heavy atom. The number of hydrogen-bond donors (Lipinski definition) is 0. The summed E-state index contributed by atoms with van der Waals surface area (Å²) in [7, 11) is 1.36. The highest BCUT2D eigenvalue weighted by molar-refractivity contribution is 5.92. The number of esters is 1. The maximum Gasteiger partial charge on any atom is 0.341 e. The van der Waals surface area contributed by atoms with Crippen molar-refractivity contribution in [2.24, 2.45) is 0 Å². The molecule has 0 spiro atoms. The van der Waals surface area contributed by atoms with Crippen molar-refractivity contribution in [3.05, 3.63) is 65.2 Å².